The van der Waals surface area contributed by atoms with Crippen molar-refractivity contribution in [2.24, 2.45) is 0 Å². The van der Waals surface area contributed by atoms with Gasteiger partial charge >= 0.3 is 6.03 Å². The Kier molecular flexibility index (Phi) is 3.96. The fraction of sp³-hybridized carbons (Fsp3) is 0.143. The number of aryl methyl sites for hydroxylation is 2. The van der Waals surface area contributed by atoms with Gasteiger partial charge in [-0.3, -0.25) is 4.57 Å². The van der Waals surface area contributed by atoms with Gasteiger partial charge in [0.05, 0.1) is 22.5 Å². The van der Waals surface area contributed by atoms with Crippen molar-refractivity contribution in [3.05, 3.63) is 60.0 Å². The minimum Gasteiger partial charge on any atom is -0.508 e. The number of amides is 1. The first-order chi connectivity index (χ1) is 13.0. The van der Waals surface area contributed by atoms with E-state index < -0.39 is 0 Å². The van der Waals surface area contributed by atoms with Gasteiger partial charge in [-0.25, -0.2) is 4.79 Å². The first-order valence-electron chi connectivity index (χ1n) is 8.61. The van der Waals surface area contributed by atoms with Crippen molar-refractivity contribution in [3.63, 3.8) is 0 Å². The Hall–Kier alpha value is -3.54. The van der Waals surface area contributed by atoms with Crippen LogP contribution in [0.1, 0.15) is 11.5 Å². The summed E-state index contributed by atoms with van der Waals surface area (Å²) in [4.78, 5) is 12.8. The molecule has 27 heavy (non-hydrogen) atoms. The van der Waals surface area contributed by atoms with E-state index in [0.717, 1.165) is 33.3 Å². The highest BCUT2D eigenvalue weighted by atomic mass is 16.5. The monoisotopic (exact) mass is 361 g/mol. The van der Waals surface area contributed by atoms with E-state index in [-0.39, 0.29) is 11.8 Å². The molecule has 0 spiro atoms. The number of hydrogen-bond donors (Lipinski definition) is 2. The lowest BCUT2D eigenvalue weighted by molar-refractivity contribution is 0.245. The number of nitrogens with zero attached hydrogens (tertiary/aromatic N) is 2. The Morgan fingerprint density at radius 3 is 2.41 bits per heavy atom. The molecule has 0 radical (unpaired) electrons. The van der Waals surface area contributed by atoms with Crippen LogP contribution in [0.4, 0.5) is 4.79 Å². The molecule has 2 heterocycles. The van der Waals surface area contributed by atoms with Gasteiger partial charge in [0.2, 0.25) is 0 Å². The van der Waals surface area contributed by atoms with Crippen LogP contribution >= 0.6 is 0 Å². The number of aromatic nitrogens is 2. The van der Waals surface area contributed by atoms with Crippen LogP contribution in [0.5, 0.6) is 5.75 Å². The number of rotatable bonds is 2. The molecule has 0 saturated carbocycles. The number of carbonyl (C=O) groups excluding carboxylic acids is 1. The van der Waals surface area contributed by atoms with Crippen LogP contribution in [-0.4, -0.2) is 27.9 Å². The zero-order valence-corrected chi connectivity index (χ0v) is 15.3. The number of aromatic hydroxyl groups is 1. The van der Waals surface area contributed by atoms with Gasteiger partial charge in [0.15, 0.2) is 0 Å². The van der Waals surface area contributed by atoms with Crippen LogP contribution in [0.15, 0.2) is 53.1 Å². The van der Waals surface area contributed by atoms with E-state index in [0.29, 0.717) is 11.5 Å². The largest absolute Gasteiger partial charge is 0.508 e. The lowest BCUT2D eigenvalue weighted by atomic mass is 9.97. The molecule has 0 atom stereocenters. The first kappa shape index (κ1) is 16.9. The van der Waals surface area contributed by atoms with Crippen LogP contribution in [0.3, 0.4) is 0 Å². The second kappa shape index (κ2) is 6.32. The number of nitrogens with one attached hydrogen (secondary N) is 1. The Bertz CT molecular complexity index is 1130. The Balaban J connectivity index is 2.20. The molecule has 2 aromatic heterocycles. The van der Waals surface area contributed by atoms with Crippen LogP contribution in [0.2, 0.25) is 0 Å². The standard InChI is InChI=1S/C21H19N3O3/c1-12-18(13(2)27-23-12)20-19(14-8-10-15(25)11-9-14)16-6-4-5-7-17(16)24(20)21(26)22-3/h4-11,25H,1-3H3,(H,22,26). The predicted molar refractivity (Wildman–Crippen MR) is 104 cm³/mol. The zero-order chi connectivity index (χ0) is 19.1. The third-order valence-electron chi connectivity index (χ3n) is 4.72. The Labute approximate surface area is 156 Å². The average molecular weight is 361 g/mol. The van der Waals surface area contributed by atoms with Gasteiger partial charge in [-0.1, -0.05) is 35.5 Å². The number of benzene rings is 2. The number of hydrogen-bond acceptors (Lipinski definition) is 4. The van der Waals surface area contributed by atoms with E-state index in [1.807, 2.05) is 50.2 Å². The van der Waals surface area contributed by atoms with Gasteiger partial charge < -0.3 is 14.9 Å². The number of fused-ring (bicyclic) bond motifs is 1. The van der Waals surface area contributed by atoms with Crippen LogP contribution in [0, 0.1) is 13.8 Å². The summed E-state index contributed by atoms with van der Waals surface area (Å²) in [6, 6.07) is 14.5. The number of phenolic OH excluding ortho intramolecular Hbond substituents is 1. The molecular weight excluding hydrogens is 342 g/mol. The van der Waals surface area contributed by atoms with Crippen LogP contribution in [-0.2, 0) is 0 Å². The third-order valence-corrected chi connectivity index (χ3v) is 4.72. The molecule has 0 saturated heterocycles. The molecule has 0 unspecified atom stereocenters. The maximum absolute atomic E-state index is 12.8. The fourth-order valence-corrected chi connectivity index (χ4v) is 3.54. The molecule has 4 rings (SSSR count). The van der Waals surface area contributed by atoms with Crippen molar-refractivity contribution in [1.82, 2.24) is 15.0 Å². The predicted octanol–water partition coefficient (Wildman–Crippen LogP) is 4.47. The van der Waals surface area contributed by atoms with E-state index in [1.165, 1.54) is 0 Å². The fourth-order valence-electron chi connectivity index (χ4n) is 3.54. The molecule has 6 heteroatoms. The number of carbonyl (C=O) groups is 1. The van der Waals surface area contributed by atoms with Crippen molar-refractivity contribution in [1.29, 1.82) is 0 Å². The summed E-state index contributed by atoms with van der Waals surface area (Å²) in [6.45, 7) is 3.69. The summed E-state index contributed by atoms with van der Waals surface area (Å²) in [5, 5.41) is 17.4. The van der Waals surface area contributed by atoms with Crippen molar-refractivity contribution < 1.29 is 14.4 Å². The van der Waals surface area contributed by atoms with Crippen molar-refractivity contribution in [3.8, 4) is 28.1 Å². The van der Waals surface area contributed by atoms with Gasteiger partial charge in [0.25, 0.3) is 0 Å². The molecule has 136 valence electrons. The normalized spacial score (nSPS) is 11.1. The molecule has 0 aliphatic carbocycles. The molecule has 6 nitrogen and oxygen atoms in total. The highest BCUT2D eigenvalue weighted by Gasteiger charge is 2.27. The lowest BCUT2D eigenvalue weighted by Gasteiger charge is -2.11. The summed E-state index contributed by atoms with van der Waals surface area (Å²) < 4.78 is 7.05. The molecule has 0 fully saturated rings. The number of phenols is 1. The summed E-state index contributed by atoms with van der Waals surface area (Å²) in [5.41, 5.74) is 4.79. The van der Waals surface area contributed by atoms with Crippen molar-refractivity contribution in [2.45, 2.75) is 13.8 Å². The quantitative estimate of drug-likeness (QED) is 0.552. The highest BCUT2D eigenvalue weighted by Crippen LogP contribution is 2.43. The minimum absolute atomic E-state index is 0.188. The maximum atomic E-state index is 12.8. The van der Waals surface area contributed by atoms with Crippen molar-refractivity contribution in [2.75, 3.05) is 7.05 Å². The summed E-state index contributed by atoms with van der Waals surface area (Å²) in [7, 11) is 1.61. The molecule has 1 amide bonds. The minimum atomic E-state index is -0.244. The van der Waals surface area contributed by atoms with E-state index >= 15 is 0 Å². The Morgan fingerprint density at radius 2 is 1.78 bits per heavy atom. The first-order valence-corrected chi connectivity index (χ1v) is 8.61. The molecule has 2 N–H and O–H groups in total. The lowest BCUT2D eigenvalue weighted by Crippen LogP contribution is -2.25. The van der Waals surface area contributed by atoms with Gasteiger partial charge in [0, 0.05) is 18.0 Å². The highest BCUT2D eigenvalue weighted by molar-refractivity contribution is 6.10. The SMILES string of the molecule is CNC(=O)n1c(-c2c(C)noc2C)c(-c2ccc(O)cc2)c2ccccc21. The smallest absolute Gasteiger partial charge is 0.326 e. The van der Waals surface area contributed by atoms with E-state index in [9.17, 15) is 9.90 Å². The van der Waals surface area contributed by atoms with Gasteiger partial charge in [-0.15, -0.1) is 0 Å². The third kappa shape index (κ3) is 2.57. The molecule has 2 aromatic carbocycles. The number of para-hydroxylation sites is 1. The van der Waals surface area contributed by atoms with Gasteiger partial charge in [-0.2, -0.15) is 0 Å². The van der Waals surface area contributed by atoms with E-state index in [1.54, 1.807) is 23.7 Å². The van der Waals surface area contributed by atoms with Crippen LogP contribution < -0.4 is 5.32 Å². The zero-order valence-electron chi connectivity index (χ0n) is 15.3. The summed E-state index contributed by atoms with van der Waals surface area (Å²) in [6.07, 6.45) is 0. The van der Waals surface area contributed by atoms with E-state index in [2.05, 4.69) is 10.5 Å². The molecule has 4 aromatic rings. The molecular formula is C21H19N3O3. The van der Waals surface area contributed by atoms with Crippen molar-refractivity contribution >= 4 is 16.9 Å². The van der Waals surface area contributed by atoms with Gasteiger partial charge in [-0.05, 0) is 37.6 Å². The summed E-state index contributed by atoms with van der Waals surface area (Å²) in [5.74, 6) is 0.827. The second-order valence-corrected chi connectivity index (χ2v) is 6.38. The summed E-state index contributed by atoms with van der Waals surface area (Å²) >= 11 is 0. The maximum Gasteiger partial charge on any atom is 0.326 e. The van der Waals surface area contributed by atoms with E-state index in [4.69, 9.17) is 4.52 Å². The molecule has 0 bridgehead atoms. The molecule has 0 aliphatic rings. The topological polar surface area (TPSA) is 80.3 Å². The van der Waals surface area contributed by atoms with Crippen LogP contribution in [0.25, 0.3) is 33.3 Å². The average Bonchev–Trinajstić information content (AvgIpc) is 3.18. The second-order valence-electron chi connectivity index (χ2n) is 6.38. The Morgan fingerprint density at radius 1 is 1.07 bits per heavy atom. The molecule has 0 aliphatic heterocycles. The van der Waals surface area contributed by atoms with Gasteiger partial charge in [0.1, 0.15) is 11.5 Å².